The maximum absolute atomic E-state index is 12.1. The van der Waals surface area contributed by atoms with E-state index in [-0.39, 0.29) is 21.7 Å². The minimum Gasteiger partial charge on any atom is -0.280 e. The molecule has 0 spiro atoms. The lowest BCUT2D eigenvalue weighted by Crippen LogP contribution is -2.16. The molecule has 0 bridgehead atoms. The lowest BCUT2D eigenvalue weighted by molar-refractivity contribution is 0.600. The molecule has 0 radical (unpaired) electrons. The first kappa shape index (κ1) is 15.1. The van der Waals surface area contributed by atoms with Gasteiger partial charge in [-0.05, 0) is 24.1 Å². The Morgan fingerprint density at radius 3 is 2.45 bits per heavy atom. The van der Waals surface area contributed by atoms with Gasteiger partial charge in [0.15, 0.2) is 5.15 Å². The second-order valence-corrected chi connectivity index (χ2v) is 6.74. The number of aromatic nitrogens is 1. The SMILES string of the molecule is Cc1cc(Cl)nc(Cl)c1NS(=O)(=O)Cc1ccccc1. The first-order valence-electron chi connectivity index (χ1n) is 5.74. The molecule has 0 amide bonds. The Kier molecular flexibility index (Phi) is 4.52. The van der Waals surface area contributed by atoms with Crippen LogP contribution in [-0.2, 0) is 15.8 Å². The fourth-order valence-electron chi connectivity index (χ4n) is 1.70. The van der Waals surface area contributed by atoms with Gasteiger partial charge in [-0.25, -0.2) is 13.4 Å². The standard InChI is InChI=1S/C13H12Cl2N2O2S/c1-9-7-11(14)16-13(15)12(9)17-20(18,19)8-10-5-3-2-4-6-10/h2-7,17H,8H2,1H3. The minimum atomic E-state index is -3.56. The van der Waals surface area contributed by atoms with Gasteiger partial charge in [-0.2, -0.15) is 0 Å². The average Bonchev–Trinajstić information content (AvgIpc) is 2.34. The molecule has 0 aliphatic carbocycles. The first-order chi connectivity index (χ1) is 9.37. The zero-order valence-corrected chi connectivity index (χ0v) is 12.9. The predicted octanol–water partition coefficient (Wildman–Crippen LogP) is 3.64. The van der Waals surface area contributed by atoms with E-state index in [1.807, 2.05) is 6.07 Å². The van der Waals surface area contributed by atoms with Crippen molar-refractivity contribution in [1.29, 1.82) is 0 Å². The molecule has 7 heteroatoms. The van der Waals surface area contributed by atoms with Crippen LogP contribution in [0.5, 0.6) is 0 Å². The van der Waals surface area contributed by atoms with E-state index >= 15 is 0 Å². The van der Waals surface area contributed by atoms with Gasteiger partial charge in [0.1, 0.15) is 5.15 Å². The van der Waals surface area contributed by atoms with E-state index in [0.717, 1.165) is 0 Å². The maximum Gasteiger partial charge on any atom is 0.237 e. The fraction of sp³-hybridized carbons (Fsp3) is 0.154. The Morgan fingerprint density at radius 1 is 1.20 bits per heavy atom. The smallest absolute Gasteiger partial charge is 0.237 e. The van der Waals surface area contributed by atoms with Crippen molar-refractivity contribution in [2.45, 2.75) is 12.7 Å². The van der Waals surface area contributed by atoms with Crippen LogP contribution in [0.2, 0.25) is 10.3 Å². The summed E-state index contributed by atoms with van der Waals surface area (Å²) < 4.78 is 26.7. The molecule has 0 aliphatic heterocycles. The van der Waals surface area contributed by atoms with Crippen LogP contribution in [0.3, 0.4) is 0 Å². The van der Waals surface area contributed by atoms with E-state index in [2.05, 4.69) is 9.71 Å². The number of rotatable bonds is 4. The van der Waals surface area contributed by atoms with Crippen LogP contribution in [0.25, 0.3) is 0 Å². The Hall–Kier alpha value is -1.30. The molecule has 2 aromatic rings. The Bertz CT molecular complexity index is 695. The summed E-state index contributed by atoms with van der Waals surface area (Å²) in [6.07, 6.45) is 0. The molecule has 0 unspecified atom stereocenters. The number of hydrogen-bond acceptors (Lipinski definition) is 3. The molecule has 4 nitrogen and oxygen atoms in total. The minimum absolute atomic E-state index is 0.0339. The molecule has 20 heavy (non-hydrogen) atoms. The Balaban J connectivity index is 2.25. The second kappa shape index (κ2) is 5.99. The summed E-state index contributed by atoms with van der Waals surface area (Å²) in [4.78, 5) is 3.83. The van der Waals surface area contributed by atoms with Crippen LogP contribution < -0.4 is 4.72 Å². The molecule has 1 aromatic heterocycles. The fourth-order valence-corrected chi connectivity index (χ4v) is 3.61. The number of benzene rings is 1. The van der Waals surface area contributed by atoms with Crippen LogP contribution in [0.4, 0.5) is 5.69 Å². The molecule has 0 saturated carbocycles. The molecule has 0 fully saturated rings. The largest absolute Gasteiger partial charge is 0.280 e. The zero-order valence-electron chi connectivity index (χ0n) is 10.6. The van der Waals surface area contributed by atoms with E-state index in [0.29, 0.717) is 11.1 Å². The number of pyridine rings is 1. The average molecular weight is 331 g/mol. The van der Waals surface area contributed by atoms with Crippen LogP contribution in [0, 0.1) is 6.92 Å². The van der Waals surface area contributed by atoms with Gasteiger partial charge >= 0.3 is 0 Å². The Morgan fingerprint density at radius 2 is 1.85 bits per heavy atom. The monoisotopic (exact) mass is 330 g/mol. The van der Waals surface area contributed by atoms with Crippen molar-refractivity contribution in [2.75, 3.05) is 4.72 Å². The van der Waals surface area contributed by atoms with Crippen LogP contribution in [0.1, 0.15) is 11.1 Å². The number of anilines is 1. The molecule has 0 aliphatic rings. The van der Waals surface area contributed by atoms with Gasteiger partial charge < -0.3 is 0 Å². The molecule has 0 atom stereocenters. The highest BCUT2D eigenvalue weighted by molar-refractivity contribution is 7.91. The van der Waals surface area contributed by atoms with E-state index in [1.54, 1.807) is 37.3 Å². The van der Waals surface area contributed by atoms with Gasteiger partial charge in [0.05, 0.1) is 11.4 Å². The van der Waals surface area contributed by atoms with Gasteiger partial charge in [0, 0.05) is 0 Å². The lowest BCUT2D eigenvalue weighted by atomic mass is 10.2. The van der Waals surface area contributed by atoms with Gasteiger partial charge in [-0.15, -0.1) is 0 Å². The van der Waals surface area contributed by atoms with Crippen LogP contribution in [-0.4, -0.2) is 13.4 Å². The topological polar surface area (TPSA) is 59.1 Å². The van der Waals surface area contributed by atoms with Crippen molar-refractivity contribution in [2.24, 2.45) is 0 Å². The molecule has 106 valence electrons. The summed E-state index contributed by atoms with van der Waals surface area (Å²) in [5.74, 6) is -0.133. The molecule has 1 heterocycles. The third-order valence-electron chi connectivity index (χ3n) is 2.60. The highest BCUT2D eigenvalue weighted by Gasteiger charge is 2.16. The van der Waals surface area contributed by atoms with Crippen molar-refractivity contribution < 1.29 is 8.42 Å². The predicted molar refractivity (Wildman–Crippen MR) is 81.7 cm³/mol. The van der Waals surface area contributed by atoms with E-state index in [4.69, 9.17) is 23.2 Å². The Labute approximate surface area is 127 Å². The molecular formula is C13H12Cl2N2O2S. The summed E-state index contributed by atoms with van der Waals surface area (Å²) >= 11 is 11.7. The molecule has 0 saturated heterocycles. The van der Waals surface area contributed by atoms with Gasteiger partial charge in [-0.1, -0.05) is 53.5 Å². The summed E-state index contributed by atoms with van der Waals surface area (Å²) in [6.45, 7) is 1.71. The van der Waals surface area contributed by atoms with Gasteiger partial charge in [0.2, 0.25) is 10.0 Å². The van der Waals surface area contributed by atoms with E-state index in [9.17, 15) is 8.42 Å². The van der Waals surface area contributed by atoms with Gasteiger partial charge in [-0.3, -0.25) is 4.72 Å². The van der Waals surface area contributed by atoms with E-state index < -0.39 is 10.0 Å². The second-order valence-electron chi connectivity index (χ2n) is 4.27. The van der Waals surface area contributed by atoms with Crippen LogP contribution in [0.15, 0.2) is 36.4 Å². The third-order valence-corrected chi connectivity index (χ3v) is 4.29. The quantitative estimate of drug-likeness (QED) is 0.870. The number of nitrogens with zero attached hydrogens (tertiary/aromatic N) is 1. The van der Waals surface area contributed by atoms with Crippen molar-refractivity contribution in [3.63, 3.8) is 0 Å². The number of sulfonamides is 1. The van der Waals surface area contributed by atoms with Crippen LogP contribution >= 0.6 is 23.2 Å². The van der Waals surface area contributed by atoms with Gasteiger partial charge in [0.25, 0.3) is 0 Å². The third kappa shape index (κ3) is 3.85. The van der Waals surface area contributed by atoms with E-state index in [1.165, 1.54) is 0 Å². The number of hydrogen-bond donors (Lipinski definition) is 1. The lowest BCUT2D eigenvalue weighted by Gasteiger charge is -2.12. The van der Waals surface area contributed by atoms with Crippen molar-refractivity contribution in [3.05, 3.63) is 57.8 Å². The van der Waals surface area contributed by atoms with Crippen molar-refractivity contribution in [1.82, 2.24) is 4.98 Å². The summed E-state index contributed by atoms with van der Waals surface area (Å²) in [5, 5.41) is 0.255. The maximum atomic E-state index is 12.1. The van der Waals surface area contributed by atoms with Crippen molar-refractivity contribution in [3.8, 4) is 0 Å². The molecule has 2 rings (SSSR count). The number of halogens is 2. The van der Waals surface area contributed by atoms with Crippen molar-refractivity contribution >= 4 is 38.9 Å². The zero-order chi connectivity index (χ0) is 14.8. The first-order valence-corrected chi connectivity index (χ1v) is 8.15. The molecule has 1 aromatic carbocycles. The highest BCUT2D eigenvalue weighted by Crippen LogP contribution is 2.27. The highest BCUT2D eigenvalue weighted by atomic mass is 35.5. The summed E-state index contributed by atoms with van der Waals surface area (Å²) in [7, 11) is -3.56. The summed E-state index contributed by atoms with van der Waals surface area (Å²) in [5.41, 5.74) is 1.56. The number of nitrogens with one attached hydrogen (secondary N) is 1. The molecule has 1 N–H and O–H groups in total. The number of aryl methyl sites for hydroxylation is 1. The molecular weight excluding hydrogens is 319 g/mol. The summed E-state index contributed by atoms with van der Waals surface area (Å²) in [6, 6.07) is 10.4. The normalized spacial score (nSPS) is 11.3.